The second-order valence-electron chi connectivity index (χ2n) is 10.4. The van der Waals surface area contributed by atoms with Gasteiger partial charge >= 0.3 is 0 Å². The molecular formula is C25H48. The maximum Gasteiger partial charge on any atom is -0.0266 e. The van der Waals surface area contributed by atoms with Crippen LogP contribution in [-0.2, 0) is 0 Å². The first-order valence-corrected chi connectivity index (χ1v) is 11.1. The lowest BCUT2D eigenvalue weighted by atomic mass is 9.45. The summed E-state index contributed by atoms with van der Waals surface area (Å²) >= 11 is 0. The molecule has 4 aliphatic rings. The molecule has 7 unspecified atom stereocenters. The predicted molar refractivity (Wildman–Crippen MR) is 113 cm³/mol. The highest BCUT2D eigenvalue weighted by Crippen LogP contribution is 2.67. The fraction of sp³-hybridized carbons (Fsp3) is 1.00. The van der Waals surface area contributed by atoms with Crippen molar-refractivity contribution in [1.29, 1.82) is 0 Å². The van der Waals surface area contributed by atoms with Gasteiger partial charge in [0.25, 0.3) is 0 Å². The zero-order valence-electron chi connectivity index (χ0n) is 16.1. The highest BCUT2D eigenvalue weighted by atomic mass is 14.6. The number of fused-ring (bicyclic) bond motifs is 5. The van der Waals surface area contributed by atoms with E-state index in [4.69, 9.17) is 0 Å². The second-order valence-corrected chi connectivity index (χ2v) is 10.4. The highest BCUT2D eigenvalue weighted by molar-refractivity contribution is 5.08. The van der Waals surface area contributed by atoms with Gasteiger partial charge in [-0.05, 0) is 98.2 Å². The van der Waals surface area contributed by atoms with Gasteiger partial charge in [-0.1, -0.05) is 61.3 Å². The topological polar surface area (TPSA) is 0 Å². The number of hydrogen-bond acceptors (Lipinski definition) is 0. The van der Waals surface area contributed by atoms with E-state index in [9.17, 15) is 0 Å². The summed E-state index contributed by atoms with van der Waals surface area (Å²) in [5.41, 5.74) is 1.44. The molecular weight excluding hydrogens is 300 g/mol. The van der Waals surface area contributed by atoms with E-state index in [1.165, 1.54) is 32.1 Å². The van der Waals surface area contributed by atoms with Crippen LogP contribution in [0.2, 0.25) is 0 Å². The van der Waals surface area contributed by atoms with Gasteiger partial charge in [-0.15, -0.1) is 0 Å². The van der Waals surface area contributed by atoms with Crippen LogP contribution < -0.4 is 0 Å². The van der Waals surface area contributed by atoms with E-state index in [0.717, 1.165) is 35.0 Å². The first kappa shape index (κ1) is 21.3. The molecule has 0 saturated heterocycles. The average molecular weight is 349 g/mol. The predicted octanol–water partition coefficient (Wildman–Crippen LogP) is 8.50. The smallest absolute Gasteiger partial charge is 0.0266 e. The van der Waals surface area contributed by atoms with Gasteiger partial charge in [0.15, 0.2) is 0 Å². The summed E-state index contributed by atoms with van der Waals surface area (Å²) in [6, 6.07) is 0. The lowest BCUT2D eigenvalue weighted by Gasteiger charge is -2.60. The average Bonchev–Trinajstić information content (AvgIpc) is 2.89. The Bertz CT molecular complexity index is 426. The van der Waals surface area contributed by atoms with Crippen LogP contribution in [-0.4, -0.2) is 0 Å². The van der Waals surface area contributed by atoms with E-state index >= 15 is 0 Å². The van der Waals surface area contributed by atoms with Crippen molar-refractivity contribution in [3.8, 4) is 0 Å². The minimum Gasteiger partial charge on any atom is -0.0776 e. The molecule has 4 aliphatic carbocycles. The third kappa shape index (κ3) is 3.23. The Kier molecular flexibility index (Phi) is 6.76. The Hall–Kier alpha value is 0. The van der Waals surface area contributed by atoms with Crippen molar-refractivity contribution in [1.82, 2.24) is 0 Å². The Labute approximate surface area is 159 Å². The summed E-state index contributed by atoms with van der Waals surface area (Å²) in [6.45, 7) is 7.81. The van der Waals surface area contributed by atoms with Gasteiger partial charge in [-0.2, -0.15) is 0 Å². The molecule has 0 bridgehead atoms. The first-order valence-electron chi connectivity index (χ1n) is 11.1. The molecule has 0 radical (unpaired) electrons. The number of hydrogen-bond donors (Lipinski definition) is 0. The first-order chi connectivity index (χ1) is 11.1. The summed E-state index contributed by atoms with van der Waals surface area (Å²) in [5.74, 6) is 5.41. The third-order valence-electron chi connectivity index (χ3n) is 9.69. The van der Waals surface area contributed by atoms with Crippen LogP contribution in [0.25, 0.3) is 0 Å². The molecule has 0 heterocycles. The number of unbranched alkanes of at least 4 members (excludes halogenated alkanes) is 1. The van der Waals surface area contributed by atoms with Crippen LogP contribution in [0.15, 0.2) is 0 Å². The molecule has 0 aliphatic heterocycles. The van der Waals surface area contributed by atoms with Crippen LogP contribution in [0.1, 0.15) is 119 Å². The van der Waals surface area contributed by atoms with E-state index in [2.05, 4.69) is 20.8 Å². The minimum atomic E-state index is 0. The van der Waals surface area contributed by atoms with E-state index in [1.807, 2.05) is 0 Å². The van der Waals surface area contributed by atoms with Crippen molar-refractivity contribution in [3.63, 3.8) is 0 Å². The van der Waals surface area contributed by atoms with Crippen LogP contribution in [0.5, 0.6) is 0 Å². The maximum atomic E-state index is 2.72. The van der Waals surface area contributed by atoms with Gasteiger partial charge < -0.3 is 0 Å². The molecule has 0 heteroatoms. The molecule has 7 atom stereocenters. The van der Waals surface area contributed by atoms with E-state index < -0.39 is 0 Å². The van der Waals surface area contributed by atoms with Crippen molar-refractivity contribution in [2.45, 2.75) is 119 Å². The maximum absolute atomic E-state index is 2.72. The SMILES string of the molecule is C.C.CCCCC1CCC2C3CCC4CCCCC4(C)C3CCC12C. The fourth-order valence-electron chi connectivity index (χ4n) is 8.33. The molecule has 4 saturated carbocycles. The van der Waals surface area contributed by atoms with E-state index in [-0.39, 0.29) is 14.9 Å². The molecule has 0 aromatic carbocycles. The summed E-state index contributed by atoms with van der Waals surface area (Å²) in [4.78, 5) is 0. The van der Waals surface area contributed by atoms with Crippen molar-refractivity contribution in [2.24, 2.45) is 40.4 Å². The molecule has 25 heavy (non-hydrogen) atoms. The zero-order chi connectivity index (χ0) is 16.1. The molecule has 0 N–H and O–H groups in total. The Morgan fingerprint density at radius 1 is 0.760 bits per heavy atom. The second kappa shape index (κ2) is 7.93. The van der Waals surface area contributed by atoms with Gasteiger partial charge in [0.05, 0.1) is 0 Å². The Morgan fingerprint density at radius 2 is 1.52 bits per heavy atom. The monoisotopic (exact) mass is 348 g/mol. The molecule has 0 spiro atoms. The highest BCUT2D eigenvalue weighted by Gasteiger charge is 2.59. The Balaban J connectivity index is 0.00000113. The van der Waals surface area contributed by atoms with Crippen molar-refractivity contribution < 1.29 is 0 Å². The fourth-order valence-corrected chi connectivity index (χ4v) is 8.33. The van der Waals surface area contributed by atoms with Crippen LogP contribution in [0, 0.1) is 40.4 Å². The van der Waals surface area contributed by atoms with Crippen LogP contribution >= 0.6 is 0 Å². The van der Waals surface area contributed by atoms with Crippen LogP contribution in [0.4, 0.5) is 0 Å². The Morgan fingerprint density at radius 3 is 2.28 bits per heavy atom. The van der Waals surface area contributed by atoms with Gasteiger partial charge in [0.1, 0.15) is 0 Å². The number of rotatable bonds is 3. The van der Waals surface area contributed by atoms with Crippen molar-refractivity contribution in [2.75, 3.05) is 0 Å². The summed E-state index contributed by atoms with van der Waals surface area (Å²) in [5, 5.41) is 0. The van der Waals surface area contributed by atoms with Gasteiger partial charge in [0, 0.05) is 0 Å². The van der Waals surface area contributed by atoms with E-state index in [0.29, 0.717) is 5.41 Å². The lowest BCUT2D eigenvalue weighted by Crippen LogP contribution is -2.52. The third-order valence-corrected chi connectivity index (χ3v) is 9.69. The molecule has 148 valence electrons. The molecule has 0 aromatic heterocycles. The minimum absolute atomic E-state index is 0. The molecule has 0 amide bonds. The zero-order valence-corrected chi connectivity index (χ0v) is 16.1. The van der Waals surface area contributed by atoms with Crippen molar-refractivity contribution in [3.05, 3.63) is 0 Å². The summed E-state index contributed by atoms with van der Waals surface area (Å²) in [6.07, 6.45) is 20.0. The van der Waals surface area contributed by atoms with Gasteiger partial charge in [-0.25, -0.2) is 0 Å². The summed E-state index contributed by atoms with van der Waals surface area (Å²) in [7, 11) is 0. The summed E-state index contributed by atoms with van der Waals surface area (Å²) < 4.78 is 0. The molecule has 0 nitrogen and oxygen atoms in total. The normalized spacial score (nSPS) is 48.4. The molecule has 4 rings (SSSR count). The quantitative estimate of drug-likeness (QED) is 0.479. The van der Waals surface area contributed by atoms with Gasteiger partial charge in [0.2, 0.25) is 0 Å². The van der Waals surface area contributed by atoms with Gasteiger partial charge in [-0.3, -0.25) is 0 Å². The van der Waals surface area contributed by atoms with E-state index in [1.54, 1.807) is 51.4 Å². The van der Waals surface area contributed by atoms with Crippen molar-refractivity contribution >= 4 is 0 Å². The largest absolute Gasteiger partial charge is 0.0776 e. The standard InChI is InChI=1S/C23H40.2CH4/c1-4-5-8-17-11-13-20-19-12-10-18-9-6-7-15-22(18,2)21(19)14-16-23(17,20)3;;/h17-21H,4-16H2,1-3H3;2*1H4. The van der Waals surface area contributed by atoms with Crippen LogP contribution in [0.3, 0.4) is 0 Å². The molecule has 4 fully saturated rings. The lowest BCUT2D eigenvalue weighted by molar-refractivity contribution is -0.111. The molecule has 0 aromatic rings.